The van der Waals surface area contributed by atoms with Crippen molar-refractivity contribution in [3.8, 4) is 23.0 Å². The fourth-order valence-corrected chi connectivity index (χ4v) is 7.49. The van der Waals surface area contributed by atoms with Crippen molar-refractivity contribution in [1.29, 1.82) is 0 Å². The summed E-state index contributed by atoms with van der Waals surface area (Å²) in [6.45, 7) is 1.56. The normalized spacial score (nSPS) is 13.1. The molecule has 0 aromatic heterocycles. The molecule has 2 heterocycles. The van der Waals surface area contributed by atoms with Crippen LogP contribution in [0.4, 0.5) is 28.4 Å². The Kier molecular flexibility index (Phi) is 9.26. The highest BCUT2D eigenvalue weighted by atomic mass is 35.5. The molecule has 6 rings (SSSR count). The lowest BCUT2D eigenvalue weighted by Gasteiger charge is -2.26. The van der Waals surface area contributed by atoms with E-state index in [1.54, 1.807) is 6.92 Å². The number of aromatic nitrogens is 1. The number of hydrogen-bond donors (Lipinski definition) is 6. The predicted octanol–water partition coefficient (Wildman–Crippen LogP) is 3.53. The van der Waals surface area contributed by atoms with Gasteiger partial charge in [-0.25, -0.2) is 9.98 Å². The van der Waals surface area contributed by atoms with Crippen LogP contribution in [-0.4, -0.2) is 56.5 Å². The Labute approximate surface area is 291 Å². The van der Waals surface area contributed by atoms with E-state index in [0.717, 1.165) is 12.1 Å². The number of nitrogen functional groups attached to an aromatic ring is 2. The van der Waals surface area contributed by atoms with Gasteiger partial charge in [-0.15, -0.1) is 12.6 Å². The Bertz CT molecular complexity index is 2800. The SMILES string of the molecule is Cc1ccc(N)cc1N=c1c(S(=O)(=O)O)cc2nc3c(Cl)c4c(c(Cl)c3oc-2c1S(=O)(=O)O)Nc1ccc(N)c(S(=O)(=O)O)c1O4.O=S(=O)=O. The lowest BCUT2D eigenvalue weighted by Crippen LogP contribution is -2.24. The van der Waals surface area contributed by atoms with Gasteiger partial charge in [0.25, 0.3) is 20.2 Å². The summed E-state index contributed by atoms with van der Waals surface area (Å²) in [6.07, 6.45) is 0. The van der Waals surface area contributed by atoms with Crippen molar-refractivity contribution in [2.75, 3.05) is 16.8 Å². The third-order valence-electron chi connectivity index (χ3n) is 6.73. The highest BCUT2D eigenvalue weighted by molar-refractivity contribution is 7.87. The largest absolute Gasteiger partial charge is 0.450 e. The molecule has 2 aliphatic heterocycles. The molecule has 0 amide bonds. The van der Waals surface area contributed by atoms with Crippen LogP contribution in [0, 0.1) is 6.92 Å². The van der Waals surface area contributed by atoms with Gasteiger partial charge in [0, 0.05) is 5.69 Å². The van der Waals surface area contributed by atoms with Crippen LogP contribution in [0.3, 0.4) is 0 Å². The van der Waals surface area contributed by atoms with E-state index in [2.05, 4.69) is 15.3 Å². The van der Waals surface area contributed by atoms with Crippen molar-refractivity contribution < 1.29 is 60.7 Å². The summed E-state index contributed by atoms with van der Waals surface area (Å²) in [4.78, 5) is 5.25. The van der Waals surface area contributed by atoms with Crippen molar-refractivity contribution in [2.45, 2.75) is 21.6 Å². The number of nitrogens with zero attached hydrogens (tertiary/aromatic N) is 2. The van der Waals surface area contributed by atoms with E-state index in [4.69, 9.17) is 56.4 Å². The van der Waals surface area contributed by atoms with Gasteiger partial charge < -0.3 is 25.9 Å². The Morgan fingerprint density at radius 3 is 2.06 bits per heavy atom. The number of halogens is 2. The molecule has 0 fully saturated rings. The predicted molar refractivity (Wildman–Crippen MR) is 175 cm³/mol. The molecule has 264 valence electrons. The van der Waals surface area contributed by atoms with Gasteiger partial charge in [0.2, 0.25) is 0 Å². The van der Waals surface area contributed by atoms with Crippen molar-refractivity contribution in [2.24, 2.45) is 4.99 Å². The maximum Gasteiger partial charge on any atom is 0.425 e. The number of anilines is 4. The molecule has 0 bridgehead atoms. The monoisotopic (exact) mass is 809 g/mol. The van der Waals surface area contributed by atoms with Gasteiger partial charge in [0.15, 0.2) is 32.6 Å². The van der Waals surface area contributed by atoms with Crippen LogP contribution in [0.5, 0.6) is 11.5 Å². The molecule has 1 aliphatic carbocycles. The van der Waals surface area contributed by atoms with Crippen molar-refractivity contribution >= 4 is 104 Å². The molecule has 3 aliphatic rings. The molecule has 0 radical (unpaired) electrons. The van der Waals surface area contributed by atoms with E-state index in [1.165, 1.54) is 24.3 Å². The van der Waals surface area contributed by atoms with Crippen LogP contribution in [0.15, 0.2) is 60.5 Å². The fourth-order valence-electron chi connectivity index (χ4n) is 4.72. The topological polar surface area (TPSA) is 326 Å². The Morgan fingerprint density at radius 2 is 1.48 bits per heavy atom. The minimum Gasteiger partial charge on any atom is -0.450 e. The van der Waals surface area contributed by atoms with E-state index < -0.39 is 88.8 Å². The molecular weight excluding hydrogens is 793 g/mol. The number of nitrogens with two attached hydrogens (primary N) is 2. The summed E-state index contributed by atoms with van der Waals surface area (Å²) in [5.74, 6) is -1.52. The van der Waals surface area contributed by atoms with Gasteiger partial charge in [-0.1, -0.05) is 29.3 Å². The number of nitrogens with one attached hydrogen (secondary N) is 1. The van der Waals surface area contributed by atoms with Gasteiger partial charge in [-0.2, -0.15) is 25.3 Å². The minimum absolute atomic E-state index is 0.0111. The van der Waals surface area contributed by atoms with Gasteiger partial charge in [-0.05, 0) is 42.8 Å². The molecule has 50 heavy (non-hydrogen) atoms. The molecule has 0 saturated heterocycles. The lowest BCUT2D eigenvalue weighted by atomic mass is 10.1. The maximum absolute atomic E-state index is 12.8. The van der Waals surface area contributed by atoms with Crippen molar-refractivity contribution in [3.05, 3.63) is 57.4 Å². The zero-order valence-electron chi connectivity index (χ0n) is 24.2. The first-order chi connectivity index (χ1) is 23.0. The molecule has 25 heteroatoms. The van der Waals surface area contributed by atoms with Crippen molar-refractivity contribution in [1.82, 2.24) is 4.98 Å². The smallest absolute Gasteiger partial charge is 0.425 e. The second kappa shape index (κ2) is 12.6. The molecule has 3 aromatic rings. The number of hydrogen-bond acceptors (Lipinski definition) is 16. The summed E-state index contributed by atoms with van der Waals surface area (Å²) in [7, 11) is -18.7. The summed E-state index contributed by atoms with van der Waals surface area (Å²) >= 11 is 13.2. The molecule has 0 unspecified atom stereocenters. The first-order valence-electron chi connectivity index (χ1n) is 12.8. The molecule has 0 spiro atoms. The van der Waals surface area contributed by atoms with Crippen LogP contribution in [0.1, 0.15) is 5.56 Å². The average molecular weight is 811 g/mol. The third-order valence-corrected chi connectivity index (χ3v) is 10.1. The second-order valence-corrected chi connectivity index (χ2v) is 15.3. The quantitative estimate of drug-likeness (QED) is 0.0842. The molecule has 8 N–H and O–H groups in total. The zero-order valence-corrected chi connectivity index (χ0v) is 29.0. The lowest BCUT2D eigenvalue weighted by molar-refractivity contribution is 0.449. The third kappa shape index (κ3) is 6.77. The molecule has 0 saturated carbocycles. The number of aryl methyl sites for hydroxylation is 1. The summed E-state index contributed by atoms with van der Waals surface area (Å²) in [5.41, 5.74) is 10.3. The number of benzene rings is 4. The van der Waals surface area contributed by atoms with Crippen molar-refractivity contribution in [3.63, 3.8) is 0 Å². The minimum atomic E-state index is -5.40. The summed E-state index contributed by atoms with van der Waals surface area (Å²) in [5, 5.41) is 1.11. The standard InChI is InChI=1S/C25H17Cl2N5O11S3.O3S/c1-8-2-3-9(28)6-12(8)31-17-14(44(33,34)35)7-13-21(25(17)46(39,40)41)43-23-15(26)18-22(16(27)19(23)32-13)42-20-11(30-18)5-4-10(29)24(20)45(36,37)38;1-4(2)3/h2-7,30H,28-29H2,1H3,(H,33,34,35)(H,36,37,38)(H,39,40,41);. The molecular formula is C25H17Cl2N5O14S4. The van der Waals surface area contributed by atoms with Crippen LogP contribution >= 0.6 is 23.2 Å². The van der Waals surface area contributed by atoms with Crippen LogP contribution in [0.25, 0.3) is 22.6 Å². The van der Waals surface area contributed by atoms with Gasteiger partial charge in [-0.3, -0.25) is 13.7 Å². The first kappa shape index (κ1) is 36.7. The number of rotatable bonds is 4. The van der Waals surface area contributed by atoms with Gasteiger partial charge >= 0.3 is 20.7 Å². The van der Waals surface area contributed by atoms with Crippen LogP contribution < -0.4 is 26.9 Å². The number of fused-ring (bicyclic) bond motifs is 4. The second-order valence-electron chi connectivity index (χ2n) is 10.00. The van der Waals surface area contributed by atoms with Crippen LogP contribution in [0.2, 0.25) is 10.0 Å². The summed E-state index contributed by atoms with van der Waals surface area (Å²) < 4.78 is 142. The van der Waals surface area contributed by atoms with E-state index in [1.807, 2.05) is 0 Å². The van der Waals surface area contributed by atoms with Gasteiger partial charge in [0.05, 0.1) is 17.1 Å². The highest BCUT2D eigenvalue weighted by Crippen LogP contribution is 2.55. The maximum atomic E-state index is 12.8. The van der Waals surface area contributed by atoms with Gasteiger partial charge in [0.1, 0.15) is 37.2 Å². The van der Waals surface area contributed by atoms with Crippen LogP contribution in [-0.2, 0) is 41.0 Å². The zero-order chi connectivity index (χ0) is 37.2. The Hall–Kier alpha value is -4.59. The Balaban J connectivity index is 0.00000115. The fraction of sp³-hybridized carbons (Fsp3) is 0.0400. The first-order valence-corrected chi connectivity index (χ1v) is 18.9. The summed E-state index contributed by atoms with van der Waals surface area (Å²) in [6, 6.07) is 7.51. The number of ether oxygens (including phenoxy) is 1. The molecule has 3 aromatic carbocycles. The highest BCUT2D eigenvalue weighted by Gasteiger charge is 2.36. The van der Waals surface area contributed by atoms with E-state index >= 15 is 0 Å². The van der Waals surface area contributed by atoms with E-state index in [0.29, 0.717) is 5.56 Å². The Morgan fingerprint density at radius 1 is 0.860 bits per heavy atom. The molecule has 0 atom stereocenters. The van der Waals surface area contributed by atoms with E-state index in [9.17, 15) is 38.9 Å². The average Bonchev–Trinajstić information content (AvgIpc) is 2.97. The van der Waals surface area contributed by atoms with E-state index in [-0.39, 0.29) is 44.7 Å². The molecule has 19 nitrogen and oxygen atoms in total.